The lowest BCUT2D eigenvalue weighted by Crippen LogP contribution is -2.44. The maximum Gasteiger partial charge on any atom is 0.228 e. The molecule has 122 valence electrons. The summed E-state index contributed by atoms with van der Waals surface area (Å²) in [7, 11) is 0. The van der Waals surface area contributed by atoms with Crippen molar-refractivity contribution in [3.05, 3.63) is 59.9 Å². The maximum absolute atomic E-state index is 12.7. The van der Waals surface area contributed by atoms with Crippen molar-refractivity contribution in [2.45, 2.75) is 44.2 Å². The number of aromatic nitrogens is 1. The number of aromatic amines is 1. The first-order valence-corrected chi connectivity index (χ1v) is 8.31. The molecule has 4 nitrogen and oxygen atoms in total. The van der Waals surface area contributed by atoms with Crippen molar-refractivity contribution in [2.24, 2.45) is 0 Å². The lowest BCUT2D eigenvalue weighted by Gasteiger charge is -2.31. The third-order valence-corrected chi connectivity index (χ3v) is 4.59. The molecule has 0 radical (unpaired) electrons. The zero-order valence-electron chi connectivity index (χ0n) is 13.4. The van der Waals surface area contributed by atoms with Crippen molar-refractivity contribution in [3.8, 4) is 0 Å². The Labute approximate surface area is 137 Å². The lowest BCUT2D eigenvalue weighted by molar-refractivity contribution is -0.135. The molecule has 3 rings (SSSR count). The molecule has 1 aliphatic rings. The van der Waals surface area contributed by atoms with Gasteiger partial charge in [0.1, 0.15) is 0 Å². The van der Waals surface area contributed by atoms with Gasteiger partial charge in [0.2, 0.25) is 5.91 Å². The molecule has 4 heteroatoms. The number of carbonyl (C=O) groups is 1. The average Bonchev–Trinajstić information content (AvgIpc) is 3.20. The average molecular weight is 312 g/mol. The predicted octanol–water partition coefficient (Wildman–Crippen LogP) is 2.89. The van der Waals surface area contributed by atoms with Crippen molar-refractivity contribution >= 4 is 5.91 Å². The van der Waals surface area contributed by atoms with Gasteiger partial charge in [0.25, 0.3) is 0 Å². The molecule has 1 saturated carbocycles. The van der Waals surface area contributed by atoms with Gasteiger partial charge in [-0.25, -0.2) is 0 Å². The van der Waals surface area contributed by atoms with Crippen molar-refractivity contribution in [1.82, 2.24) is 9.88 Å². The molecule has 0 saturated heterocycles. The first-order chi connectivity index (χ1) is 11.1. The van der Waals surface area contributed by atoms with E-state index in [4.69, 9.17) is 0 Å². The van der Waals surface area contributed by atoms with Gasteiger partial charge in [0.15, 0.2) is 0 Å². The van der Waals surface area contributed by atoms with Gasteiger partial charge in [-0.1, -0.05) is 43.2 Å². The second-order valence-electron chi connectivity index (χ2n) is 6.54. The van der Waals surface area contributed by atoms with Gasteiger partial charge in [-0.05, 0) is 30.5 Å². The molecule has 0 unspecified atom stereocenters. The van der Waals surface area contributed by atoms with E-state index >= 15 is 0 Å². The molecule has 23 heavy (non-hydrogen) atoms. The summed E-state index contributed by atoms with van der Waals surface area (Å²) >= 11 is 0. The van der Waals surface area contributed by atoms with Crippen LogP contribution >= 0.6 is 0 Å². The number of hydrogen-bond acceptors (Lipinski definition) is 2. The summed E-state index contributed by atoms with van der Waals surface area (Å²) < 4.78 is 0. The molecule has 0 atom stereocenters. The fourth-order valence-electron chi connectivity index (χ4n) is 3.33. The van der Waals surface area contributed by atoms with E-state index in [9.17, 15) is 9.90 Å². The van der Waals surface area contributed by atoms with Crippen molar-refractivity contribution in [3.63, 3.8) is 0 Å². The summed E-state index contributed by atoms with van der Waals surface area (Å²) in [5.74, 6) is 0.0524. The molecular formula is C19H24N2O2. The molecule has 0 spiro atoms. The van der Waals surface area contributed by atoms with E-state index in [1.807, 2.05) is 53.6 Å². The summed E-state index contributed by atoms with van der Waals surface area (Å²) in [5.41, 5.74) is 1.28. The van der Waals surface area contributed by atoms with Crippen molar-refractivity contribution in [1.29, 1.82) is 0 Å². The largest absolute Gasteiger partial charge is 0.388 e. The Morgan fingerprint density at radius 2 is 1.87 bits per heavy atom. The van der Waals surface area contributed by atoms with E-state index in [-0.39, 0.29) is 5.91 Å². The Morgan fingerprint density at radius 1 is 1.13 bits per heavy atom. The Bertz CT molecular complexity index is 616. The SMILES string of the molecule is O=C(Cc1ccc[nH]1)N(Cc1ccccc1)CC1(O)CCCC1. The number of amides is 1. The standard InChI is InChI=1S/C19H24N2O2/c22-18(13-17-9-6-12-20-17)21(14-16-7-2-1-3-8-16)15-19(23)10-4-5-11-19/h1-3,6-9,12,20,23H,4-5,10-11,13-15H2. The van der Waals surface area contributed by atoms with E-state index in [0.29, 0.717) is 19.5 Å². The fraction of sp³-hybridized carbons (Fsp3) is 0.421. The second-order valence-corrected chi connectivity index (χ2v) is 6.54. The smallest absolute Gasteiger partial charge is 0.228 e. The zero-order valence-corrected chi connectivity index (χ0v) is 13.4. The summed E-state index contributed by atoms with van der Waals surface area (Å²) in [6, 6.07) is 13.8. The third kappa shape index (κ3) is 4.23. The highest BCUT2D eigenvalue weighted by molar-refractivity contribution is 5.78. The lowest BCUT2D eigenvalue weighted by atomic mass is 10.0. The van der Waals surface area contributed by atoms with Crippen LogP contribution in [-0.4, -0.2) is 33.0 Å². The minimum atomic E-state index is -0.722. The number of nitrogens with zero attached hydrogens (tertiary/aromatic N) is 1. The first-order valence-electron chi connectivity index (χ1n) is 8.31. The summed E-state index contributed by atoms with van der Waals surface area (Å²) in [5, 5.41) is 10.7. The Balaban J connectivity index is 1.73. The van der Waals surface area contributed by atoms with Crippen molar-refractivity contribution in [2.75, 3.05) is 6.54 Å². The Kier molecular flexibility index (Phi) is 4.82. The van der Waals surface area contributed by atoms with Gasteiger partial charge >= 0.3 is 0 Å². The highest BCUT2D eigenvalue weighted by Crippen LogP contribution is 2.30. The van der Waals surface area contributed by atoms with E-state index in [1.54, 1.807) is 0 Å². The van der Waals surface area contributed by atoms with Crippen LogP contribution in [0, 0.1) is 0 Å². The molecule has 1 amide bonds. The molecule has 1 fully saturated rings. The number of nitrogens with one attached hydrogen (secondary N) is 1. The fourth-order valence-corrected chi connectivity index (χ4v) is 3.33. The highest BCUT2D eigenvalue weighted by Gasteiger charge is 2.34. The number of hydrogen-bond donors (Lipinski definition) is 2. The molecule has 2 N–H and O–H groups in total. The van der Waals surface area contributed by atoms with Gasteiger partial charge in [-0.2, -0.15) is 0 Å². The normalized spacial score (nSPS) is 16.4. The van der Waals surface area contributed by atoms with E-state index in [0.717, 1.165) is 36.9 Å². The van der Waals surface area contributed by atoms with Crippen LogP contribution in [0.15, 0.2) is 48.7 Å². The number of H-pyrrole nitrogens is 1. The number of rotatable bonds is 6. The molecule has 2 aromatic rings. The van der Waals surface area contributed by atoms with Gasteiger partial charge in [0.05, 0.1) is 12.0 Å². The summed E-state index contributed by atoms with van der Waals surface area (Å²) in [4.78, 5) is 17.6. The number of carbonyl (C=O) groups excluding carboxylic acids is 1. The van der Waals surface area contributed by atoms with Crippen LogP contribution in [0.4, 0.5) is 0 Å². The number of aliphatic hydroxyl groups is 1. The minimum absolute atomic E-state index is 0.0524. The van der Waals surface area contributed by atoms with Crippen LogP contribution in [0.25, 0.3) is 0 Å². The Hall–Kier alpha value is -2.07. The predicted molar refractivity (Wildman–Crippen MR) is 89.8 cm³/mol. The van der Waals surface area contributed by atoms with Gasteiger partial charge in [-0.15, -0.1) is 0 Å². The molecular weight excluding hydrogens is 288 g/mol. The molecule has 1 aromatic carbocycles. The monoisotopic (exact) mass is 312 g/mol. The molecule has 1 aromatic heterocycles. The first kappa shape index (κ1) is 15.8. The minimum Gasteiger partial charge on any atom is -0.388 e. The second kappa shape index (κ2) is 7.01. The topological polar surface area (TPSA) is 56.3 Å². The zero-order chi connectivity index (χ0) is 16.1. The van der Waals surface area contributed by atoms with Crippen LogP contribution in [0.5, 0.6) is 0 Å². The summed E-state index contributed by atoms with van der Waals surface area (Å²) in [6.45, 7) is 0.962. The molecule has 0 bridgehead atoms. The van der Waals surface area contributed by atoms with Gasteiger partial charge in [-0.3, -0.25) is 4.79 Å². The molecule has 1 aliphatic carbocycles. The van der Waals surface area contributed by atoms with Crippen LogP contribution in [0.3, 0.4) is 0 Å². The van der Waals surface area contributed by atoms with Gasteiger partial charge < -0.3 is 15.0 Å². The molecule has 0 aliphatic heterocycles. The van der Waals surface area contributed by atoms with E-state index in [2.05, 4.69) is 4.98 Å². The van der Waals surface area contributed by atoms with Crippen LogP contribution < -0.4 is 0 Å². The van der Waals surface area contributed by atoms with Crippen LogP contribution in [0.2, 0.25) is 0 Å². The van der Waals surface area contributed by atoms with E-state index in [1.165, 1.54) is 0 Å². The Morgan fingerprint density at radius 3 is 2.52 bits per heavy atom. The maximum atomic E-state index is 12.7. The summed E-state index contributed by atoms with van der Waals surface area (Å²) in [6.07, 6.45) is 5.83. The van der Waals surface area contributed by atoms with Crippen LogP contribution in [0.1, 0.15) is 36.9 Å². The van der Waals surface area contributed by atoms with Crippen LogP contribution in [-0.2, 0) is 17.8 Å². The quantitative estimate of drug-likeness (QED) is 0.862. The van der Waals surface area contributed by atoms with Crippen molar-refractivity contribution < 1.29 is 9.90 Å². The highest BCUT2D eigenvalue weighted by atomic mass is 16.3. The van der Waals surface area contributed by atoms with Gasteiger partial charge in [0, 0.05) is 25.0 Å². The number of benzene rings is 1. The molecule has 1 heterocycles. The van der Waals surface area contributed by atoms with E-state index < -0.39 is 5.60 Å². The third-order valence-electron chi connectivity index (χ3n) is 4.59.